The van der Waals surface area contributed by atoms with E-state index in [1.165, 1.54) is 19.3 Å². The van der Waals surface area contributed by atoms with E-state index in [9.17, 15) is 0 Å². The van der Waals surface area contributed by atoms with Crippen molar-refractivity contribution < 1.29 is 14.2 Å². The molecule has 1 rings (SSSR count). The number of alkyl halides is 1. The van der Waals surface area contributed by atoms with Crippen LogP contribution < -0.4 is 5.32 Å². The van der Waals surface area contributed by atoms with Gasteiger partial charge in [0.15, 0.2) is 0 Å². The van der Waals surface area contributed by atoms with Gasteiger partial charge in [-0.25, -0.2) is 0 Å². The van der Waals surface area contributed by atoms with Crippen LogP contribution in [0.4, 0.5) is 0 Å². The Hall–Kier alpha value is 0.130. The van der Waals surface area contributed by atoms with Gasteiger partial charge in [0, 0.05) is 19.0 Å². The Morgan fingerprint density at radius 2 is 1.78 bits per heavy atom. The lowest BCUT2D eigenvalue weighted by atomic mass is 10.1. The highest BCUT2D eigenvalue weighted by Gasteiger charge is 2.24. The first kappa shape index (κ1) is 16.2. The minimum atomic E-state index is 0.368. The number of ether oxygens (including phenoxy) is 3. The summed E-state index contributed by atoms with van der Waals surface area (Å²) in [5.74, 6) is 0.643. The molecule has 1 aliphatic carbocycles. The monoisotopic (exact) mass is 279 g/mol. The fourth-order valence-corrected chi connectivity index (χ4v) is 2.49. The molecule has 2 atom stereocenters. The highest BCUT2D eigenvalue weighted by molar-refractivity contribution is 6.20. The van der Waals surface area contributed by atoms with E-state index < -0.39 is 0 Å². The molecule has 0 aliphatic heterocycles. The van der Waals surface area contributed by atoms with Crippen LogP contribution in [0.3, 0.4) is 0 Å². The van der Waals surface area contributed by atoms with Crippen molar-refractivity contribution in [2.45, 2.75) is 24.6 Å². The van der Waals surface area contributed by atoms with Gasteiger partial charge < -0.3 is 19.5 Å². The molecule has 0 saturated heterocycles. The molecule has 0 bridgehead atoms. The largest absolute Gasteiger partial charge is 0.382 e. The van der Waals surface area contributed by atoms with Crippen molar-refractivity contribution in [3.8, 4) is 0 Å². The summed E-state index contributed by atoms with van der Waals surface area (Å²) in [5.41, 5.74) is 0. The van der Waals surface area contributed by atoms with Crippen LogP contribution >= 0.6 is 11.6 Å². The van der Waals surface area contributed by atoms with E-state index in [0.29, 0.717) is 37.7 Å². The molecule has 0 spiro atoms. The molecule has 0 radical (unpaired) electrons. The van der Waals surface area contributed by atoms with E-state index >= 15 is 0 Å². The molecule has 0 aromatic heterocycles. The van der Waals surface area contributed by atoms with E-state index in [1.54, 1.807) is 7.11 Å². The van der Waals surface area contributed by atoms with Gasteiger partial charge in [0.25, 0.3) is 0 Å². The third kappa shape index (κ3) is 7.54. The van der Waals surface area contributed by atoms with Crippen molar-refractivity contribution in [1.82, 2.24) is 5.32 Å². The fourth-order valence-electron chi connectivity index (χ4n) is 2.12. The Morgan fingerprint density at radius 3 is 2.44 bits per heavy atom. The van der Waals surface area contributed by atoms with Crippen molar-refractivity contribution in [3.05, 3.63) is 0 Å². The summed E-state index contributed by atoms with van der Waals surface area (Å²) in [6, 6.07) is 0. The Kier molecular flexibility index (Phi) is 9.89. The van der Waals surface area contributed by atoms with E-state index in [-0.39, 0.29) is 0 Å². The van der Waals surface area contributed by atoms with Gasteiger partial charge in [0.05, 0.1) is 33.0 Å². The number of nitrogens with one attached hydrogen (secondary N) is 1. The smallest absolute Gasteiger partial charge is 0.0701 e. The molecule has 1 saturated carbocycles. The average Bonchev–Trinajstić information content (AvgIpc) is 2.77. The van der Waals surface area contributed by atoms with E-state index in [1.807, 2.05) is 0 Å². The van der Waals surface area contributed by atoms with Gasteiger partial charge in [-0.15, -0.1) is 11.6 Å². The first-order chi connectivity index (χ1) is 8.84. The van der Waals surface area contributed by atoms with Crippen LogP contribution in [0, 0.1) is 5.92 Å². The number of rotatable bonds is 11. The second-order valence-corrected chi connectivity index (χ2v) is 5.19. The minimum absolute atomic E-state index is 0.368. The molecule has 1 aliphatic rings. The molecule has 5 heteroatoms. The topological polar surface area (TPSA) is 39.7 Å². The Morgan fingerprint density at radius 1 is 1.06 bits per heavy atom. The molecule has 0 aromatic rings. The van der Waals surface area contributed by atoms with E-state index in [2.05, 4.69) is 5.32 Å². The SMILES string of the molecule is COCCOCCOCCNCC1CCCC1Cl. The zero-order chi connectivity index (χ0) is 13.1. The molecule has 18 heavy (non-hydrogen) atoms. The van der Waals surface area contributed by atoms with Gasteiger partial charge in [0.1, 0.15) is 0 Å². The molecule has 0 aromatic carbocycles. The number of hydrogen-bond acceptors (Lipinski definition) is 4. The summed E-state index contributed by atoms with van der Waals surface area (Å²) >= 11 is 6.20. The lowest BCUT2D eigenvalue weighted by molar-refractivity contribution is 0.0255. The van der Waals surface area contributed by atoms with Gasteiger partial charge in [-0.3, -0.25) is 0 Å². The summed E-state index contributed by atoms with van der Waals surface area (Å²) in [4.78, 5) is 0. The number of hydrogen-bond donors (Lipinski definition) is 1. The zero-order valence-corrected chi connectivity index (χ0v) is 12.1. The second-order valence-electron chi connectivity index (χ2n) is 4.63. The summed E-state index contributed by atoms with van der Waals surface area (Å²) in [7, 11) is 1.67. The van der Waals surface area contributed by atoms with Crippen LogP contribution in [-0.2, 0) is 14.2 Å². The molecule has 4 nitrogen and oxygen atoms in total. The van der Waals surface area contributed by atoms with E-state index in [0.717, 1.165) is 19.7 Å². The molecule has 0 amide bonds. The standard InChI is InChI=1S/C13H26ClNO3/c1-16-7-8-18-10-9-17-6-5-15-11-12-3-2-4-13(12)14/h12-13,15H,2-11H2,1H3. The maximum Gasteiger partial charge on any atom is 0.0701 e. The normalized spacial score (nSPS) is 23.7. The maximum atomic E-state index is 6.20. The van der Waals surface area contributed by atoms with Gasteiger partial charge in [-0.1, -0.05) is 6.42 Å². The zero-order valence-electron chi connectivity index (χ0n) is 11.3. The third-order valence-electron chi connectivity index (χ3n) is 3.20. The Balaban J connectivity index is 1.76. The van der Waals surface area contributed by atoms with Crippen LogP contribution in [0.15, 0.2) is 0 Å². The Bertz CT molecular complexity index is 195. The Labute approximate surface area is 115 Å². The highest BCUT2D eigenvalue weighted by atomic mass is 35.5. The van der Waals surface area contributed by atoms with Gasteiger partial charge in [-0.05, 0) is 25.3 Å². The first-order valence-electron chi connectivity index (χ1n) is 6.84. The number of methoxy groups -OCH3 is 1. The second kappa shape index (κ2) is 11.0. The molecule has 0 heterocycles. The molecular weight excluding hydrogens is 254 g/mol. The van der Waals surface area contributed by atoms with Crippen molar-refractivity contribution in [3.63, 3.8) is 0 Å². The minimum Gasteiger partial charge on any atom is -0.382 e. The quantitative estimate of drug-likeness (QED) is 0.461. The fraction of sp³-hybridized carbons (Fsp3) is 1.00. The number of halogens is 1. The van der Waals surface area contributed by atoms with Gasteiger partial charge in [-0.2, -0.15) is 0 Å². The molecule has 1 N–H and O–H groups in total. The van der Waals surface area contributed by atoms with Crippen LogP contribution in [0.1, 0.15) is 19.3 Å². The average molecular weight is 280 g/mol. The highest BCUT2D eigenvalue weighted by Crippen LogP contribution is 2.29. The van der Waals surface area contributed by atoms with Crippen LogP contribution in [-0.4, -0.2) is 58.6 Å². The predicted octanol–water partition coefficient (Wildman–Crippen LogP) is 1.66. The van der Waals surface area contributed by atoms with Gasteiger partial charge >= 0.3 is 0 Å². The maximum absolute atomic E-state index is 6.20. The van der Waals surface area contributed by atoms with Crippen LogP contribution in [0.25, 0.3) is 0 Å². The lowest BCUT2D eigenvalue weighted by Gasteiger charge is -2.14. The molecule has 1 fully saturated rings. The van der Waals surface area contributed by atoms with Crippen LogP contribution in [0.5, 0.6) is 0 Å². The van der Waals surface area contributed by atoms with Crippen molar-refractivity contribution in [1.29, 1.82) is 0 Å². The summed E-state index contributed by atoms with van der Waals surface area (Å²) in [6.45, 7) is 5.19. The van der Waals surface area contributed by atoms with Crippen LogP contribution in [0.2, 0.25) is 0 Å². The summed E-state index contributed by atoms with van der Waals surface area (Å²) in [6.07, 6.45) is 3.70. The van der Waals surface area contributed by atoms with Crippen molar-refractivity contribution in [2.75, 3.05) is 53.2 Å². The molecule has 108 valence electrons. The molecule has 2 unspecified atom stereocenters. The lowest BCUT2D eigenvalue weighted by Crippen LogP contribution is -2.28. The van der Waals surface area contributed by atoms with Crippen molar-refractivity contribution >= 4 is 11.6 Å². The van der Waals surface area contributed by atoms with Crippen molar-refractivity contribution in [2.24, 2.45) is 5.92 Å². The summed E-state index contributed by atoms with van der Waals surface area (Å²) in [5, 5.41) is 3.77. The summed E-state index contributed by atoms with van der Waals surface area (Å²) < 4.78 is 15.6. The molecular formula is C13H26ClNO3. The van der Waals surface area contributed by atoms with E-state index in [4.69, 9.17) is 25.8 Å². The predicted molar refractivity (Wildman–Crippen MR) is 73.4 cm³/mol. The van der Waals surface area contributed by atoms with Gasteiger partial charge in [0.2, 0.25) is 0 Å². The first-order valence-corrected chi connectivity index (χ1v) is 7.27. The third-order valence-corrected chi connectivity index (χ3v) is 3.77.